The molecule has 2 amide bonds. The largest absolute Gasteiger partial charge is 0.490 e. The summed E-state index contributed by atoms with van der Waals surface area (Å²) in [4.78, 5) is 31.2. The van der Waals surface area contributed by atoms with Crippen molar-refractivity contribution in [3.63, 3.8) is 0 Å². The van der Waals surface area contributed by atoms with E-state index in [9.17, 15) is 9.59 Å². The van der Waals surface area contributed by atoms with E-state index in [1.54, 1.807) is 6.20 Å². The molecule has 2 saturated heterocycles. The number of nitrogens with zero attached hydrogens (tertiary/aromatic N) is 3. The number of piperidine rings is 1. The molecule has 2 N–H and O–H groups in total. The van der Waals surface area contributed by atoms with Crippen LogP contribution in [-0.4, -0.2) is 50.6 Å². The number of H-pyrrole nitrogens is 1. The predicted molar refractivity (Wildman–Crippen MR) is 154 cm³/mol. The lowest BCUT2D eigenvalue weighted by Gasteiger charge is -2.36. The lowest BCUT2D eigenvalue weighted by atomic mass is 9.99. The van der Waals surface area contributed by atoms with Crippen LogP contribution in [0.4, 0.5) is 0 Å². The Morgan fingerprint density at radius 3 is 2.55 bits per heavy atom. The lowest BCUT2D eigenvalue weighted by Crippen LogP contribution is -2.45. The number of pyridine rings is 1. The number of amides is 2. The molecule has 2 aliphatic rings. The predicted octanol–water partition coefficient (Wildman–Crippen LogP) is 5.67. The van der Waals surface area contributed by atoms with Gasteiger partial charge in [-0.2, -0.15) is 5.10 Å². The Hall–Kier alpha value is -4.20. The minimum Gasteiger partial charge on any atom is -0.490 e. The van der Waals surface area contributed by atoms with Gasteiger partial charge >= 0.3 is 0 Å². The van der Waals surface area contributed by atoms with E-state index < -0.39 is 0 Å². The van der Waals surface area contributed by atoms with Gasteiger partial charge in [-0.05, 0) is 79.8 Å². The zero-order valence-electron chi connectivity index (χ0n) is 22.9. The maximum Gasteiger partial charge on any atom is 0.251 e. The molecule has 2 fully saturated rings. The van der Waals surface area contributed by atoms with Gasteiger partial charge in [0.1, 0.15) is 11.9 Å². The molecule has 2 unspecified atom stereocenters. The molecular formula is C32H35N5O3. The fraction of sp³-hybridized carbons (Fsp3) is 0.375. The lowest BCUT2D eigenvalue weighted by molar-refractivity contribution is -0.123. The van der Waals surface area contributed by atoms with E-state index in [4.69, 9.17) is 4.74 Å². The van der Waals surface area contributed by atoms with Crippen molar-refractivity contribution in [2.75, 3.05) is 0 Å². The van der Waals surface area contributed by atoms with Crippen molar-refractivity contribution in [2.24, 2.45) is 5.92 Å². The number of benzene rings is 2. The first-order valence-electron chi connectivity index (χ1n) is 14.2. The van der Waals surface area contributed by atoms with E-state index in [2.05, 4.69) is 34.3 Å². The molecule has 0 aliphatic carbocycles. The normalized spacial score (nSPS) is 21.0. The van der Waals surface area contributed by atoms with Crippen LogP contribution in [0.15, 0.2) is 66.9 Å². The molecule has 2 bridgehead atoms. The minimum absolute atomic E-state index is 0.123. The highest BCUT2D eigenvalue weighted by Crippen LogP contribution is 2.36. The molecule has 0 saturated carbocycles. The van der Waals surface area contributed by atoms with Crippen LogP contribution >= 0.6 is 0 Å². The summed E-state index contributed by atoms with van der Waals surface area (Å²) in [5.41, 5.74) is 4.04. The molecule has 4 heterocycles. The molecule has 2 aromatic carbocycles. The van der Waals surface area contributed by atoms with E-state index in [-0.39, 0.29) is 18.1 Å². The molecule has 8 nitrogen and oxygen atoms in total. The summed E-state index contributed by atoms with van der Waals surface area (Å²) in [5.74, 6) is 1.09. The van der Waals surface area contributed by atoms with Crippen LogP contribution in [0.2, 0.25) is 0 Å². The topological polar surface area (TPSA) is 100 Å². The smallest absolute Gasteiger partial charge is 0.251 e. The highest BCUT2D eigenvalue weighted by atomic mass is 16.5. The fourth-order valence-electron chi connectivity index (χ4n) is 6.24. The highest BCUT2D eigenvalue weighted by molar-refractivity contribution is 6.01. The van der Waals surface area contributed by atoms with Gasteiger partial charge in [-0.25, -0.2) is 0 Å². The Kier molecular flexibility index (Phi) is 7.24. The quantitative estimate of drug-likeness (QED) is 0.268. The molecular weight excluding hydrogens is 502 g/mol. The Morgan fingerprint density at radius 2 is 1.88 bits per heavy atom. The summed E-state index contributed by atoms with van der Waals surface area (Å²) in [6, 6.07) is 19.8. The number of carbonyl (C=O) groups is 2. The van der Waals surface area contributed by atoms with Crippen molar-refractivity contribution in [1.82, 2.24) is 25.4 Å². The first-order chi connectivity index (χ1) is 19.5. The van der Waals surface area contributed by atoms with Gasteiger partial charge in [0.2, 0.25) is 6.41 Å². The number of hydrogen-bond acceptors (Lipinski definition) is 5. The van der Waals surface area contributed by atoms with E-state index >= 15 is 0 Å². The van der Waals surface area contributed by atoms with E-state index in [1.807, 2.05) is 65.6 Å². The summed E-state index contributed by atoms with van der Waals surface area (Å²) < 4.78 is 6.31. The van der Waals surface area contributed by atoms with Gasteiger partial charge in [0.15, 0.2) is 0 Å². The second-order valence-corrected chi connectivity index (χ2v) is 11.4. The molecule has 0 spiro atoms. The fourth-order valence-corrected chi connectivity index (χ4v) is 6.24. The Balaban J connectivity index is 1.18. The number of aromatic amines is 1. The number of nitrogens with one attached hydrogen (secondary N) is 2. The summed E-state index contributed by atoms with van der Waals surface area (Å²) in [6.45, 7) is 4.28. The summed E-state index contributed by atoms with van der Waals surface area (Å²) in [5, 5.41) is 11.7. The second-order valence-electron chi connectivity index (χ2n) is 11.4. The molecule has 2 aromatic heterocycles. The summed E-state index contributed by atoms with van der Waals surface area (Å²) in [7, 11) is 0. The standard InChI is InChI=1S/C32H35N5O3/c1-20(2)15-30(29-5-3-4-14-33-29)34-32(39)22-8-13-28-27(16-22)31(36-35-28)21-6-11-25(12-7-21)40-26-17-23-9-10-24(18-26)37(23)19-38/h3-8,11-14,16,19-20,23-24,26,30H,9-10,15,17-18H2,1-2H3,(H,34,39)(H,35,36)/t23?,24?,26?,30-/m0/s1. The average Bonchev–Trinajstić information content (AvgIpc) is 3.50. The monoisotopic (exact) mass is 537 g/mol. The Morgan fingerprint density at radius 1 is 1.10 bits per heavy atom. The van der Waals surface area contributed by atoms with Gasteiger partial charge in [-0.1, -0.05) is 19.9 Å². The number of rotatable bonds is 9. The summed E-state index contributed by atoms with van der Waals surface area (Å²) in [6.07, 6.45) is 7.57. The van der Waals surface area contributed by atoms with Crippen LogP contribution in [-0.2, 0) is 4.79 Å². The Bertz CT molecular complexity index is 1470. The minimum atomic E-state index is -0.165. The summed E-state index contributed by atoms with van der Waals surface area (Å²) >= 11 is 0. The van der Waals surface area contributed by atoms with Gasteiger partial charge in [-0.3, -0.25) is 19.7 Å². The third kappa shape index (κ3) is 5.30. The van der Waals surface area contributed by atoms with Gasteiger partial charge in [0, 0.05) is 47.6 Å². The van der Waals surface area contributed by atoms with Gasteiger partial charge < -0.3 is 15.0 Å². The van der Waals surface area contributed by atoms with Crippen molar-refractivity contribution < 1.29 is 14.3 Å². The van der Waals surface area contributed by atoms with Crippen molar-refractivity contribution in [3.05, 3.63) is 78.1 Å². The van der Waals surface area contributed by atoms with E-state index in [1.165, 1.54) is 0 Å². The number of carbonyl (C=O) groups excluding carboxylic acids is 2. The highest BCUT2D eigenvalue weighted by Gasteiger charge is 2.40. The van der Waals surface area contributed by atoms with Crippen LogP contribution < -0.4 is 10.1 Å². The first-order valence-corrected chi connectivity index (χ1v) is 14.2. The molecule has 6 rings (SSSR count). The van der Waals surface area contributed by atoms with Gasteiger partial charge in [0.05, 0.1) is 22.9 Å². The third-order valence-electron chi connectivity index (χ3n) is 8.18. The van der Waals surface area contributed by atoms with Crippen LogP contribution in [0, 0.1) is 5.92 Å². The van der Waals surface area contributed by atoms with E-state index in [0.717, 1.165) is 72.1 Å². The molecule has 3 atom stereocenters. The third-order valence-corrected chi connectivity index (χ3v) is 8.18. The van der Waals surface area contributed by atoms with Crippen LogP contribution in [0.3, 0.4) is 0 Å². The zero-order chi connectivity index (χ0) is 27.6. The number of aromatic nitrogens is 3. The molecule has 206 valence electrons. The number of ether oxygens (including phenoxy) is 1. The van der Waals surface area contributed by atoms with Crippen molar-refractivity contribution in [2.45, 2.75) is 70.2 Å². The second kappa shape index (κ2) is 11.1. The van der Waals surface area contributed by atoms with Crippen molar-refractivity contribution >= 4 is 23.2 Å². The molecule has 2 aliphatic heterocycles. The molecule has 40 heavy (non-hydrogen) atoms. The number of fused-ring (bicyclic) bond motifs is 3. The van der Waals surface area contributed by atoms with Crippen LogP contribution in [0.1, 0.15) is 68.0 Å². The first kappa shape index (κ1) is 26.0. The maximum atomic E-state index is 13.3. The van der Waals surface area contributed by atoms with E-state index in [0.29, 0.717) is 23.6 Å². The SMILES string of the molecule is CC(C)C[C@H](NC(=O)c1ccc2[nH]nc(-c3ccc(OC4CC5CCC(C4)N5C=O)cc3)c2c1)c1ccccn1. The maximum absolute atomic E-state index is 13.3. The van der Waals surface area contributed by atoms with Crippen molar-refractivity contribution in [3.8, 4) is 17.0 Å². The zero-order valence-corrected chi connectivity index (χ0v) is 22.9. The molecule has 8 heteroatoms. The molecule has 0 radical (unpaired) electrons. The average molecular weight is 538 g/mol. The van der Waals surface area contributed by atoms with Gasteiger partial charge in [-0.15, -0.1) is 0 Å². The Labute approximate surface area is 234 Å². The number of hydrogen-bond donors (Lipinski definition) is 2. The van der Waals surface area contributed by atoms with Crippen molar-refractivity contribution in [1.29, 1.82) is 0 Å². The molecule has 4 aromatic rings. The van der Waals surface area contributed by atoms with Crippen LogP contribution in [0.5, 0.6) is 5.75 Å². The van der Waals surface area contributed by atoms with Crippen LogP contribution in [0.25, 0.3) is 22.2 Å². The van der Waals surface area contributed by atoms with Gasteiger partial charge in [0.25, 0.3) is 5.91 Å².